The second-order valence-corrected chi connectivity index (χ2v) is 7.46. The first-order chi connectivity index (χ1) is 8.51. The lowest BCUT2D eigenvalue weighted by atomic mass is 10.2. The third-order valence-corrected chi connectivity index (χ3v) is 5.40. The van der Waals surface area contributed by atoms with Crippen LogP contribution in [0, 0.1) is 6.92 Å². The molecule has 92 valence electrons. The van der Waals surface area contributed by atoms with E-state index in [1.807, 2.05) is 13.0 Å². The summed E-state index contributed by atoms with van der Waals surface area (Å²) in [5, 5.41) is 0.373. The van der Waals surface area contributed by atoms with Crippen LogP contribution in [0.15, 0.2) is 54.6 Å². The van der Waals surface area contributed by atoms with Crippen molar-refractivity contribution in [2.75, 3.05) is 0 Å². The fourth-order valence-electron chi connectivity index (χ4n) is 1.68. The highest BCUT2D eigenvalue weighted by atomic mass is 35.7. The summed E-state index contributed by atoms with van der Waals surface area (Å²) in [6, 6.07) is 15.4. The number of halogens is 1. The molecule has 0 saturated carbocycles. The van der Waals surface area contributed by atoms with E-state index in [0.717, 1.165) is 5.56 Å². The number of benzene rings is 2. The Bertz CT molecular complexity index is 623. The van der Waals surface area contributed by atoms with Gasteiger partial charge in [0.25, 0.3) is 6.49 Å². The average molecular weight is 279 g/mol. The monoisotopic (exact) mass is 278 g/mol. The van der Waals surface area contributed by atoms with Crippen molar-refractivity contribution < 1.29 is 9.36 Å². The van der Waals surface area contributed by atoms with Gasteiger partial charge in [0.15, 0.2) is 0 Å². The number of carbonyl (C=O) groups excluding carboxylic acids is 1. The Morgan fingerprint density at radius 1 is 1.06 bits per heavy atom. The van der Waals surface area contributed by atoms with Gasteiger partial charge in [0.2, 0.25) is 5.52 Å². The van der Waals surface area contributed by atoms with Crippen molar-refractivity contribution in [2.45, 2.75) is 6.92 Å². The van der Waals surface area contributed by atoms with Gasteiger partial charge in [0.05, 0.1) is 0 Å². The molecule has 4 heteroatoms. The van der Waals surface area contributed by atoms with E-state index in [0.29, 0.717) is 10.9 Å². The Labute approximate surface area is 111 Å². The Morgan fingerprint density at radius 3 is 2.33 bits per heavy atom. The van der Waals surface area contributed by atoms with Crippen LogP contribution in [-0.2, 0) is 4.57 Å². The SMILES string of the molecule is Cc1cccc(C(=O)P(=O)(Cl)c2ccccc2)c1. The maximum absolute atomic E-state index is 12.4. The molecule has 0 aromatic heterocycles. The average Bonchev–Trinajstić information content (AvgIpc) is 2.39. The molecule has 0 saturated heterocycles. The minimum absolute atomic E-state index is 0.373. The normalized spacial score (nSPS) is 13.9. The van der Waals surface area contributed by atoms with Crippen LogP contribution in [0.3, 0.4) is 0 Å². The highest BCUT2D eigenvalue weighted by molar-refractivity contribution is 8.07. The summed E-state index contributed by atoms with van der Waals surface area (Å²) in [5.74, 6) is 0. The highest BCUT2D eigenvalue weighted by Crippen LogP contribution is 2.52. The molecule has 1 atom stereocenters. The largest absolute Gasteiger partial charge is 0.293 e. The van der Waals surface area contributed by atoms with Crippen LogP contribution in [0.1, 0.15) is 15.9 Å². The van der Waals surface area contributed by atoms with Gasteiger partial charge in [-0.2, -0.15) is 0 Å². The van der Waals surface area contributed by atoms with E-state index in [4.69, 9.17) is 11.2 Å². The van der Waals surface area contributed by atoms with Crippen LogP contribution < -0.4 is 5.30 Å². The molecular weight excluding hydrogens is 267 g/mol. The fraction of sp³-hybridized carbons (Fsp3) is 0.0714. The van der Waals surface area contributed by atoms with Gasteiger partial charge in [0.1, 0.15) is 0 Å². The number of rotatable bonds is 3. The predicted molar refractivity (Wildman–Crippen MR) is 75.0 cm³/mol. The van der Waals surface area contributed by atoms with E-state index in [2.05, 4.69) is 0 Å². The van der Waals surface area contributed by atoms with E-state index in [9.17, 15) is 9.36 Å². The van der Waals surface area contributed by atoms with Crippen molar-refractivity contribution in [3.05, 3.63) is 65.7 Å². The smallest absolute Gasteiger partial charge is 0.264 e. The molecule has 2 rings (SSSR count). The lowest BCUT2D eigenvalue weighted by Crippen LogP contribution is -2.09. The van der Waals surface area contributed by atoms with Gasteiger partial charge in [-0.15, -0.1) is 0 Å². The van der Waals surface area contributed by atoms with Gasteiger partial charge >= 0.3 is 0 Å². The lowest BCUT2D eigenvalue weighted by molar-refractivity contribution is 0.107. The summed E-state index contributed by atoms with van der Waals surface area (Å²) in [6.07, 6.45) is 0. The third-order valence-electron chi connectivity index (χ3n) is 2.61. The maximum atomic E-state index is 12.4. The van der Waals surface area contributed by atoms with Gasteiger partial charge in [-0.05, 0) is 36.4 Å². The van der Waals surface area contributed by atoms with Gasteiger partial charge in [-0.3, -0.25) is 9.36 Å². The molecule has 0 fully saturated rings. The van der Waals surface area contributed by atoms with E-state index >= 15 is 0 Å². The number of hydrogen-bond acceptors (Lipinski definition) is 2. The Hall–Kier alpha value is -1.37. The van der Waals surface area contributed by atoms with Crippen LogP contribution in [-0.4, -0.2) is 5.52 Å². The molecule has 0 aliphatic carbocycles. The van der Waals surface area contributed by atoms with Crippen LogP contribution in [0.5, 0.6) is 0 Å². The molecule has 18 heavy (non-hydrogen) atoms. The Balaban J connectivity index is 2.43. The van der Waals surface area contributed by atoms with Crippen molar-refractivity contribution in [1.82, 2.24) is 0 Å². The Morgan fingerprint density at radius 2 is 1.72 bits per heavy atom. The molecule has 1 unspecified atom stereocenters. The second kappa shape index (κ2) is 5.09. The molecule has 0 amide bonds. The maximum Gasteiger partial charge on any atom is 0.264 e. The Kier molecular flexibility index (Phi) is 3.70. The van der Waals surface area contributed by atoms with Crippen molar-refractivity contribution in [1.29, 1.82) is 0 Å². The van der Waals surface area contributed by atoms with E-state index in [1.165, 1.54) is 0 Å². The second-order valence-electron chi connectivity index (χ2n) is 4.04. The highest BCUT2D eigenvalue weighted by Gasteiger charge is 2.31. The zero-order valence-corrected chi connectivity index (χ0v) is 11.5. The first-order valence-corrected chi connectivity index (χ1v) is 8.10. The molecule has 0 bridgehead atoms. The van der Waals surface area contributed by atoms with E-state index in [1.54, 1.807) is 48.5 Å². The molecular formula is C14H12ClO2P. The van der Waals surface area contributed by atoms with Crippen LogP contribution in [0.25, 0.3) is 0 Å². The van der Waals surface area contributed by atoms with Crippen LogP contribution in [0.2, 0.25) is 0 Å². The molecule has 0 N–H and O–H groups in total. The van der Waals surface area contributed by atoms with Crippen molar-refractivity contribution >= 4 is 28.6 Å². The minimum Gasteiger partial charge on any atom is -0.293 e. The van der Waals surface area contributed by atoms with E-state index in [-0.39, 0.29) is 0 Å². The summed E-state index contributed by atoms with van der Waals surface area (Å²) in [6.45, 7) is -1.67. The lowest BCUT2D eigenvalue weighted by Gasteiger charge is -2.10. The quantitative estimate of drug-likeness (QED) is 0.796. The molecule has 2 nitrogen and oxygen atoms in total. The molecule has 2 aromatic carbocycles. The summed E-state index contributed by atoms with van der Waals surface area (Å²) in [4.78, 5) is 12.2. The third kappa shape index (κ3) is 2.55. The first-order valence-electron chi connectivity index (χ1n) is 5.48. The van der Waals surface area contributed by atoms with Crippen LogP contribution >= 0.6 is 17.7 Å². The van der Waals surface area contributed by atoms with Crippen LogP contribution in [0.4, 0.5) is 0 Å². The molecule has 0 spiro atoms. The number of carbonyl (C=O) groups is 1. The molecule has 0 aliphatic rings. The first kappa shape index (κ1) is 13.1. The molecule has 2 aromatic rings. The fourth-order valence-corrected chi connectivity index (χ4v) is 3.57. The van der Waals surface area contributed by atoms with E-state index < -0.39 is 12.0 Å². The molecule has 0 heterocycles. The van der Waals surface area contributed by atoms with Gasteiger partial charge in [-0.25, -0.2) is 0 Å². The number of aryl methyl sites for hydroxylation is 1. The molecule has 0 radical (unpaired) electrons. The summed E-state index contributed by atoms with van der Waals surface area (Å²) in [5.41, 5.74) is 0.807. The topological polar surface area (TPSA) is 34.1 Å². The standard InChI is InChI=1S/C14H12ClO2P/c1-11-6-5-7-12(10-11)14(16)18(15,17)13-8-3-2-4-9-13/h2-10H,1H3. The minimum atomic E-state index is -3.54. The predicted octanol–water partition coefficient (Wildman–Crippen LogP) is 3.98. The molecule has 0 aliphatic heterocycles. The zero-order valence-electron chi connectivity index (χ0n) is 9.84. The summed E-state index contributed by atoms with van der Waals surface area (Å²) < 4.78 is 12.4. The van der Waals surface area contributed by atoms with Crippen molar-refractivity contribution in [3.63, 3.8) is 0 Å². The van der Waals surface area contributed by atoms with Gasteiger partial charge < -0.3 is 0 Å². The van der Waals surface area contributed by atoms with Gasteiger partial charge in [0, 0.05) is 10.9 Å². The summed E-state index contributed by atoms with van der Waals surface area (Å²) in [7, 11) is 0. The summed E-state index contributed by atoms with van der Waals surface area (Å²) >= 11 is 6.00. The van der Waals surface area contributed by atoms with Crippen molar-refractivity contribution in [2.24, 2.45) is 0 Å². The zero-order chi connectivity index (χ0) is 13.2. The van der Waals surface area contributed by atoms with Gasteiger partial charge in [-0.1, -0.05) is 42.0 Å². The van der Waals surface area contributed by atoms with Crippen molar-refractivity contribution in [3.8, 4) is 0 Å². The number of hydrogen-bond donors (Lipinski definition) is 0.